The first-order chi connectivity index (χ1) is 14.0. The molecule has 0 aromatic heterocycles. The van der Waals surface area contributed by atoms with E-state index in [1.807, 2.05) is 0 Å². The van der Waals surface area contributed by atoms with Crippen LogP contribution in [0.2, 0.25) is 5.02 Å². The van der Waals surface area contributed by atoms with E-state index in [9.17, 15) is 14.4 Å². The number of benzene rings is 2. The number of nitrogens with zero attached hydrogens (tertiary/aromatic N) is 1. The van der Waals surface area contributed by atoms with E-state index in [0.29, 0.717) is 22.0 Å². The molecule has 29 heavy (non-hydrogen) atoms. The summed E-state index contributed by atoms with van der Waals surface area (Å²) in [5.74, 6) is -1.62. The number of amides is 3. The Morgan fingerprint density at radius 3 is 2.66 bits per heavy atom. The van der Waals surface area contributed by atoms with Gasteiger partial charge in [-0.25, -0.2) is 5.43 Å². The van der Waals surface area contributed by atoms with Gasteiger partial charge in [0.05, 0.1) is 6.21 Å². The average Bonchev–Trinajstić information content (AvgIpc) is 2.70. The summed E-state index contributed by atoms with van der Waals surface area (Å²) in [5, 5.41) is 9.23. The van der Waals surface area contributed by atoms with Crippen LogP contribution in [0.4, 0.5) is 5.69 Å². The summed E-state index contributed by atoms with van der Waals surface area (Å²) in [7, 11) is 0. The minimum atomic E-state index is -0.895. The first kappa shape index (κ1) is 21.6. The molecule has 0 bridgehead atoms. The van der Waals surface area contributed by atoms with Crippen molar-refractivity contribution in [3.63, 3.8) is 0 Å². The number of rotatable bonds is 8. The van der Waals surface area contributed by atoms with Gasteiger partial charge in [-0.2, -0.15) is 5.10 Å². The third-order valence-electron chi connectivity index (χ3n) is 3.33. The molecule has 2 aromatic rings. The van der Waals surface area contributed by atoms with Crippen LogP contribution in [0, 0.1) is 0 Å². The first-order valence-electron chi connectivity index (χ1n) is 8.48. The highest BCUT2D eigenvalue weighted by Gasteiger charge is 2.10. The predicted octanol–water partition coefficient (Wildman–Crippen LogP) is 2.11. The fourth-order valence-corrected chi connectivity index (χ4v) is 2.25. The van der Waals surface area contributed by atoms with E-state index in [1.165, 1.54) is 12.3 Å². The highest BCUT2D eigenvalue weighted by atomic mass is 35.5. The fraction of sp³-hybridized carbons (Fsp3) is 0.100. The third kappa shape index (κ3) is 7.86. The van der Waals surface area contributed by atoms with Gasteiger partial charge in [-0.05, 0) is 35.9 Å². The number of carbonyl (C=O) groups excluding carboxylic acids is 3. The molecule has 0 radical (unpaired) electrons. The molecule has 2 rings (SSSR count). The van der Waals surface area contributed by atoms with Crippen LogP contribution in [0.1, 0.15) is 5.56 Å². The SMILES string of the molecule is C=CCNC(=O)C(=O)N/N=C\c1cccc(OCC(=O)Nc2cccc(Cl)c2)c1. The number of carbonyl (C=O) groups is 3. The number of halogens is 1. The summed E-state index contributed by atoms with van der Waals surface area (Å²) in [4.78, 5) is 34.9. The topological polar surface area (TPSA) is 109 Å². The van der Waals surface area contributed by atoms with Gasteiger partial charge in [0.1, 0.15) is 5.75 Å². The molecule has 0 saturated heterocycles. The molecule has 0 atom stereocenters. The first-order valence-corrected chi connectivity index (χ1v) is 8.86. The molecule has 8 nitrogen and oxygen atoms in total. The van der Waals surface area contributed by atoms with Gasteiger partial charge >= 0.3 is 11.8 Å². The van der Waals surface area contributed by atoms with E-state index in [2.05, 4.69) is 27.7 Å². The summed E-state index contributed by atoms with van der Waals surface area (Å²) < 4.78 is 5.45. The molecule has 0 aliphatic rings. The lowest BCUT2D eigenvalue weighted by atomic mass is 10.2. The Morgan fingerprint density at radius 2 is 1.90 bits per heavy atom. The van der Waals surface area contributed by atoms with Gasteiger partial charge in [-0.15, -0.1) is 6.58 Å². The van der Waals surface area contributed by atoms with Crippen LogP contribution in [0.5, 0.6) is 5.75 Å². The van der Waals surface area contributed by atoms with Crippen LogP contribution in [-0.4, -0.2) is 37.1 Å². The van der Waals surface area contributed by atoms with Crippen molar-refractivity contribution in [3.8, 4) is 5.75 Å². The lowest BCUT2D eigenvalue weighted by Crippen LogP contribution is -2.37. The molecule has 0 aliphatic carbocycles. The van der Waals surface area contributed by atoms with E-state index in [0.717, 1.165) is 0 Å². The van der Waals surface area contributed by atoms with Crippen molar-refractivity contribution < 1.29 is 19.1 Å². The summed E-state index contributed by atoms with van der Waals surface area (Å²) >= 11 is 5.87. The van der Waals surface area contributed by atoms with Gasteiger partial charge in [0.25, 0.3) is 5.91 Å². The standard InChI is InChI=1S/C20H19ClN4O4/c1-2-9-22-19(27)20(28)25-23-12-14-5-3-8-17(10-14)29-13-18(26)24-16-7-4-6-15(21)11-16/h2-8,10-12H,1,9,13H2,(H,22,27)(H,24,26)(H,25,28)/b23-12-. The molecule has 150 valence electrons. The van der Waals surface area contributed by atoms with Gasteiger partial charge in [-0.3, -0.25) is 14.4 Å². The van der Waals surface area contributed by atoms with Crippen molar-refractivity contribution in [2.45, 2.75) is 0 Å². The summed E-state index contributed by atoms with van der Waals surface area (Å²) in [5.41, 5.74) is 3.28. The maximum atomic E-state index is 12.0. The monoisotopic (exact) mass is 414 g/mol. The zero-order chi connectivity index (χ0) is 21.1. The molecule has 0 saturated carbocycles. The van der Waals surface area contributed by atoms with E-state index in [-0.39, 0.29) is 19.1 Å². The van der Waals surface area contributed by atoms with Crippen molar-refractivity contribution in [2.24, 2.45) is 5.10 Å². The Kier molecular flexibility index (Phi) is 8.40. The summed E-state index contributed by atoms with van der Waals surface area (Å²) in [6, 6.07) is 13.5. The van der Waals surface area contributed by atoms with Crippen LogP contribution in [0.3, 0.4) is 0 Å². The molecule has 0 fully saturated rings. The lowest BCUT2D eigenvalue weighted by molar-refractivity contribution is -0.139. The highest BCUT2D eigenvalue weighted by Crippen LogP contribution is 2.15. The van der Waals surface area contributed by atoms with Crippen LogP contribution in [0.25, 0.3) is 0 Å². The second-order valence-corrected chi connectivity index (χ2v) is 6.05. The Bertz CT molecular complexity index is 930. The number of hydrazone groups is 1. The van der Waals surface area contributed by atoms with E-state index >= 15 is 0 Å². The molecule has 0 unspecified atom stereocenters. The molecule has 3 amide bonds. The van der Waals surface area contributed by atoms with E-state index in [1.54, 1.807) is 48.5 Å². The fourth-order valence-electron chi connectivity index (χ4n) is 2.06. The minimum Gasteiger partial charge on any atom is -0.484 e. The van der Waals surface area contributed by atoms with Crippen molar-refractivity contribution in [2.75, 3.05) is 18.5 Å². The van der Waals surface area contributed by atoms with Crippen LogP contribution in [0.15, 0.2) is 66.3 Å². The van der Waals surface area contributed by atoms with Crippen molar-refractivity contribution >= 4 is 41.2 Å². The Morgan fingerprint density at radius 1 is 1.10 bits per heavy atom. The van der Waals surface area contributed by atoms with E-state index < -0.39 is 11.8 Å². The smallest absolute Gasteiger partial charge is 0.329 e. The minimum absolute atomic E-state index is 0.181. The molecule has 2 aromatic carbocycles. The van der Waals surface area contributed by atoms with Gasteiger partial charge in [0, 0.05) is 17.3 Å². The van der Waals surface area contributed by atoms with Gasteiger partial charge in [0.2, 0.25) is 0 Å². The Labute approximate surface area is 172 Å². The quantitative estimate of drug-likeness (QED) is 0.266. The maximum Gasteiger partial charge on any atom is 0.329 e. The molecule has 9 heteroatoms. The second-order valence-electron chi connectivity index (χ2n) is 5.62. The molecular weight excluding hydrogens is 396 g/mol. The van der Waals surface area contributed by atoms with Gasteiger partial charge < -0.3 is 15.4 Å². The summed E-state index contributed by atoms with van der Waals surface area (Å²) in [6.45, 7) is 3.41. The van der Waals surface area contributed by atoms with Crippen LogP contribution >= 0.6 is 11.6 Å². The maximum absolute atomic E-state index is 12.0. The number of hydrogen-bond donors (Lipinski definition) is 3. The number of ether oxygens (including phenoxy) is 1. The zero-order valence-corrected chi connectivity index (χ0v) is 16.1. The molecule has 0 heterocycles. The molecular formula is C20H19ClN4O4. The number of hydrogen-bond acceptors (Lipinski definition) is 5. The van der Waals surface area contributed by atoms with Crippen LogP contribution < -0.4 is 20.8 Å². The summed E-state index contributed by atoms with van der Waals surface area (Å²) in [6.07, 6.45) is 2.80. The third-order valence-corrected chi connectivity index (χ3v) is 3.56. The number of nitrogens with one attached hydrogen (secondary N) is 3. The van der Waals surface area contributed by atoms with Crippen LogP contribution in [-0.2, 0) is 14.4 Å². The molecule has 0 aliphatic heterocycles. The average molecular weight is 415 g/mol. The van der Waals surface area contributed by atoms with E-state index in [4.69, 9.17) is 16.3 Å². The molecule has 0 spiro atoms. The largest absolute Gasteiger partial charge is 0.484 e. The normalized spacial score (nSPS) is 10.2. The van der Waals surface area contributed by atoms with Crippen molar-refractivity contribution in [1.82, 2.24) is 10.7 Å². The number of anilines is 1. The van der Waals surface area contributed by atoms with Crippen molar-refractivity contribution in [1.29, 1.82) is 0 Å². The Hall–Kier alpha value is -3.65. The van der Waals surface area contributed by atoms with Gasteiger partial charge in [-0.1, -0.05) is 35.9 Å². The molecule has 3 N–H and O–H groups in total. The highest BCUT2D eigenvalue weighted by molar-refractivity contribution is 6.35. The second kappa shape index (κ2) is 11.3. The van der Waals surface area contributed by atoms with Crippen molar-refractivity contribution in [3.05, 3.63) is 71.8 Å². The van der Waals surface area contributed by atoms with Gasteiger partial charge in [0.15, 0.2) is 6.61 Å². The lowest BCUT2D eigenvalue weighted by Gasteiger charge is -2.08. The predicted molar refractivity (Wildman–Crippen MR) is 111 cm³/mol. The zero-order valence-electron chi connectivity index (χ0n) is 15.4. The Balaban J connectivity index is 1.84.